The summed E-state index contributed by atoms with van der Waals surface area (Å²) in [5.74, 6) is 3.07. The van der Waals surface area contributed by atoms with E-state index in [4.69, 9.17) is 10.5 Å². The first-order chi connectivity index (χ1) is 16.6. The van der Waals surface area contributed by atoms with Gasteiger partial charge in [-0.3, -0.25) is 4.74 Å². The van der Waals surface area contributed by atoms with Crippen LogP contribution in [0.2, 0.25) is 0 Å². The lowest BCUT2D eigenvalue weighted by Crippen LogP contribution is -2.33. The summed E-state index contributed by atoms with van der Waals surface area (Å²) in [5, 5.41) is 0. The highest BCUT2D eigenvalue weighted by Gasteiger charge is 2.32. The van der Waals surface area contributed by atoms with Gasteiger partial charge < -0.3 is 15.4 Å². The number of thioether (sulfide) groups is 1. The quantitative estimate of drug-likeness (QED) is 0.468. The molecular weight excluding hydrogens is 475 g/mol. The summed E-state index contributed by atoms with van der Waals surface area (Å²) in [6.45, 7) is 13.7. The first-order valence-corrected chi connectivity index (χ1v) is 12.8. The van der Waals surface area contributed by atoms with Crippen molar-refractivity contribution in [1.82, 2.24) is 9.88 Å². The molecule has 0 saturated carbocycles. The first kappa shape index (κ1) is 29.0. The molecular formula is C26H36F3N3O2S. The molecule has 0 aromatic carbocycles. The number of unbranched alkanes of at least 4 members (excludes halogenated alkanes) is 1. The Labute approximate surface area is 210 Å². The van der Waals surface area contributed by atoms with Crippen LogP contribution < -0.4 is 5.73 Å². The third-order valence-corrected chi connectivity index (χ3v) is 6.42. The van der Waals surface area contributed by atoms with E-state index in [-0.39, 0.29) is 0 Å². The molecule has 1 unspecified atom stereocenters. The van der Waals surface area contributed by atoms with E-state index in [1.165, 1.54) is 75.4 Å². The van der Waals surface area contributed by atoms with Crippen molar-refractivity contribution in [1.29, 1.82) is 0 Å². The van der Waals surface area contributed by atoms with Gasteiger partial charge in [0.15, 0.2) is 0 Å². The third-order valence-electron chi connectivity index (χ3n) is 5.48. The summed E-state index contributed by atoms with van der Waals surface area (Å²) in [5.41, 5.74) is 9.52. The largest absolute Gasteiger partial charge is 0.523 e. The van der Waals surface area contributed by atoms with E-state index in [2.05, 4.69) is 39.9 Å². The van der Waals surface area contributed by atoms with Gasteiger partial charge in [0.2, 0.25) is 0 Å². The zero-order valence-corrected chi connectivity index (χ0v) is 21.8. The molecule has 0 amide bonds. The number of alkyl halides is 3. The van der Waals surface area contributed by atoms with Gasteiger partial charge in [0.1, 0.15) is 11.9 Å². The number of aromatic nitrogens is 1. The van der Waals surface area contributed by atoms with Gasteiger partial charge in [0.05, 0.1) is 24.2 Å². The molecule has 9 heteroatoms. The van der Waals surface area contributed by atoms with Gasteiger partial charge in [0.25, 0.3) is 0 Å². The lowest BCUT2D eigenvalue weighted by atomic mass is 10.0. The van der Waals surface area contributed by atoms with E-state index in [0.29, 0.717) is 34.0 Å². The first-order valence-electron chi connectivity index (χ1n) is 11.7. The number of anilines is 1. The molecule has 1 aromatic heterocycles. The lowest BCUT2D eigenvalue weighted by molar-refractivity contribution is -0.330. The maximum atomic E-state index is 12.5. The topological polar surface area (TPSA) is 60.6 Å². The molecule has 2 aliphatic rings. The second-order valence-electron chi connectivity index (χ2n) is 8.41. The minimum atomic E-state index is -4.74. The molecule has 3 rings (SSSR count). The fourth-order valence-corrected chi connectivity index (χ4v) is 4.65. The SMILES string of the molecule is C=C(C)c1nc(C2=C(OC)C=CC(OC(F)(F)F)C=C2)c(C)cc1N.CCCCN1CCSCC1. The molecule has 1 aliphatic heterocycles. The number of rotatable bonds is 7. The summed E-state index contributed by atoms with van der Waals surface area (Å²) in [6, 6.07) is 1.75. The Morgan fingerprint density at radius 3 is 2.49 bits per heavy atom. The van der Waals surface area contributed by atoms with Crippen LogP contribution in [0, 0.1) is 6.92 Å². The third kappa shape index (κ3) is 9.39. The summed E-state index contributed by atoms with van der Waals surface area (Å²) in [7, 11) is 1.44. The molecule has 35 heavy (non-hydrogen) atoms. The van der Waals surface area contributed by atoms with E-state index in [1.54, 1.807) is 13.0 Å². The Kier molecular flexibility index (Phi) is 11.4. The summed E-state index contributed by atoms with van der Waals surface area (Å²) in [4.78, 5) is 7.11. The van der Waals surface area contributed by atoms with Crippen LogP contribution in [0.25, 0.3) is 11.1 Å². The van der Waals surface area contributed by atoms with E-state index < -0.39 is 12.5 Å². The van der Waals surface area contributed by atoms with Gasteiger partial charge in [0, 0.05) is 30.2 Å². The summed E-state index contributed by atoms with van der Waals surface area (Å²) < 4.78 is 46.7. The van der Waals surface area contributed by atoms with Crippen molar-refractivity contribution >= 4 is 28.6 Å². The predicted octanol–water partition coefficient (Wildman–Crippen LogP) is 6.23. The van der Waals surface area contributed by atoms with Crippen LogP contribution in [0.15, 0.2) is 42.7 Å². The number of ether oxygens (including phenoxy) is 2. The molecule has 5 nitrogen and oxygen atoms in total. The van der Waals surface area contributed by atoms with Crippen molar-refractivity contribution in [2.45, 2.75) is 46.1 Å². The van der Waals surface area contributed by atoms with Crippen LogP contribution in [-0.2, 0) is 9.47 Å². The highest BCUT2D eigenvalue weighted by molar-refractivity contribution is 7.99. The normalized spacial score (nSPS) is 18.7. The summed E-state index contributed by atoms with van der Waals surface area (Å²) >= 11 is 2.09. The number of hydrogen-bond acceptors (Lipinski definition) is 6. The van der Waals surface area contributed by atoms with Gasteiger partial charge in [-0.05, 0) is 56.2 Å². The van der Waals surface area contributed by atoms with E-state index in [1.807, 2.05) is 6.92 Å². The second kappa shape index (κ2) is 13.8. The van der Waals surface area contributed by atoms with Crippen LogP contribution in [-0.4, -0.2) is 60.6 Å². The number of halogens is 3. The number of pyridine rings is 1. The van der Waals surface area contributed by atoms with Crippen molar-refractivity contribution in [2.75, 3.05) is 44.0 Å². The minimum Gasteiger partial charge on any atom is -0.496 e. The van der Waals surface area contributed by atoms with Crippen LogP contribution in [0.1, 0.15) is 43.6 Å². The average Bonchev–Trinajstić information content (AvgIpc) is 2.99. The standard InChI is InChI=1S/C18H19F3N2O2.C8H17NS/c1-10(2)16-14(22)9-11(3)17(23-16)13-7-5-12(25-18(19,20)21)6-8-15(13)24-4;1-2-3-4-9-5-7-10-8-6-9/h5-9,12H,1,22H2,2-4H3;2-8H2,1H3. The Bertz CT molecular complexity index is 952. The van der Waals surface area contributed by atoms with Gasteiger partial charge in [-0.25, -0.2) is 4.98 Å². The fourth-order valence-electron chi connectivity index (χ4n) is 3.67. The highest BCUT2D eigenvalue weighted by atomic mass is 32.2. The number of nitrogen functional groups attached to an aromatic ring is 1. The molecule has 1 fully saturated rings. The lowest BCUT2D eigenvalue weighted by Gasteiger charge is -2.25. The van der Waals surface area contributed by atoms with Crippen molar-refractivity contribution in [2.24, 2.45) is 0 Å². The Balaban J connectivity index is 0.000000360. The molecule has 1 aliphatic carbocycles. The molecule has 0 radical (unpaired) electrons. The van der Waals surface area contributed by atoms with E-state index in [9.17, 15) is 13.2 Å². The van der Waals surface area contributed by atoms with Gasteiger partial charge in [-0.1, -0.05) is 32.1 Å². The highest BCUT2D eigenvalue weighted by Crippen LogP contribution is 2.30. The monoisotopic (exact) mass is 511 g/mol. The molecule has 1 aromatic rings. The maximum Gasteiger partial charge on any atom is 0.523 e. The number of methoxy groups -OCH3 is 1. The second-order valence-corrected chi connectivity index (χ2v) is 9.63. The Morgan fingerprint density at radius 1 is 1.26 bits per heavy atom. The van der Waals surface area contributed by atoms with E-state index >= 15 is 0 Å². The molecule has 0 bridgehead atoms. The average molecular weight is 512 g/mol. The molecule has 1 atom stereocenters. The zero-order chi connectivity index (χ0) is 26.0. The van der Waals surface area contributed by atoms with Crippen molar-refractivity contribution in [3.8, 4) is 0 Å². The smallest absolute Gasteiger partial charge is 0.496 e. The number of allylic oxidation sites excluding steroid dienone is 4. The van der Waals surface area contributed by atoms with Gasteiger partial charge >= 0.3 is 6.36 Å². The van der Waals surface area contributed by atoms with Crippen LogP contribution in [0.5, 0.6) is 0 Å². The number of nitrogens with two attached hydrogens (primary N) is 1. The van der Waals surface area contributed by atoms with Crippen molar-refractivity contribution in [3.05, 3.63) is 59.7 Å². The molecule has 2 heterocycles. The van der Waals surface area contributed by atoms with Crippen LogP contribution in [0.4, 0.5) is 18.9 Å². The molecule has 0 spiro atoms. The molecule has 1 saturated heterocycles. The number of aryl methyl sites for hydroxylation is 1. The van der Waals surface area contributed by atoms with Crippen LogP contribution in [0.3, 0.4) is 0 Å². The fraction of sp³-hybridized carbons (Fsp3) is 0.500. The minimum absolute atomic E-state index is 0.373. The molecule has 194 valence electrons. The summed E-state index contributed by atoms with van der Waals surface area (Å²) in [6.07, 6.45) is 2.23. The number of hydrogen-bond donors (Lipinski definition) is 1. The molecule has 2 N–H and O–H groups in total. The maximum absolute atomic E-state index is 12.5. The van der Waals surface area contributed by atoms with Crippen molar-refractivity contribution in [3.63, 3.8) is 0 Å². The zero-order valence-electron chi connectivity index (χ0n) is 21.0. The Hall–Kier alpha value is -2.23. The Morgan fingerprint density at radius 2 is 1.91 bits per heavy atom. The number of nitrogens with zero attached hydrogens (tertiary/aromatic N) is 2. The van der Waals surface area contributed by atoms with Gasteiger partial charge in [-0.2, -0.15) is 11.8 Å². The van der Waals surface area contributed by atoms with Crippen LogP contribution >= 0.6 is 11.8 Å². The van der Waals surface area contributed by atoms with Crippen molar-refractivity contribution < 1.29 is 22.6 Å². The predicted molar refractivity (Wildman–Crippen MR) is 140 cm³/mol. The van der Waals surface area contributed by atoms with E-state index in [0.717, 1.165) is 5.56 Å². The van der Waals surface area contributed by atoms with Gasteiger partial charge in [-0.15, -0.1) is 13.2 Å².